The molecular weight excluding hydrogens is 316 g/mol. The van der Waals surface area contributed by atoms with Gasteiger partial charge >= 0.3 is 53.6 Å². The summed E-state index contributed by atoms with van der Waals surface area (Å²) in [4.78, 5) is 3.07. The van der Waals surface area contributed by atoms with Gasteiger partial charge in [-0.15, -0.1) is 0 Å². The standard InChI is InChI=1S/C6H16N2.2Cr.7O/c1-7(2)5-6-8(3)4;;;;;;;;;/h5-6H2,1-4H3;;;;;;;;;/q;;;;;;;;2*-1/p+2. The molecule has 0 rings (SSSR count). The molecule has 106 valence electrons. The van der Waals surface area contributed by atoms with Gasteiger partial charge in [-0.05, 0) is 0 Å². The third-order valence-electron chi connectivity index (χ3n) is 1.29. The van der Waals surface area contributed by atoms with Gasteiger partial charge in [0.05, 0.1) is 28.2 Å². The van der Waals surface area contributed by atoms with Crippen LogP contribution in [0.3, 0.4) is 0 Å². The number of hydrogen-bond donors (Lipinski definition) is 2. The molecule has 0 saturated heterocycles. The van der Waals surface area contributed by atoms with Crippen molar-refractivity contribution < 1.29 is 63.4 Å². The molecule has 11 heteroatoms. The van der Waals surface area contributed by atoms with E-state index < -0.39 is 27.2 Å². The quantitative estimate of drug-likeness (QED) is 0.512. The van der Waals surface area contributed by atoms with Gasteiger partial charge in [0.2, 0.25) is 0 Å². The van der Waals surface area contributed by atoms with Gasteiger partial charge in [0.15, 0.2) is 0 Å². The van der Waals surface area contributed by atoms with Gasteiger partial charge in [-0.25, -0.2) is 0 Å². The van der Waals surface area contributed by atoms with E-state index in [1.165, 1.54) is 22.9 Å². The Hall–Kier alpha value is 0.0649. The van der Waals surface area contributed by atoms with Crippen molar-refractivity contribution in [2.75, 3.05) is 41.3 Å². The van der Waals surface area contributed by atoms with Crippen molar-refractivity contribution >= 4 is 0 Å². The fraction of sp³-hybridized carbons (Fsp3) is 1.00. The van der Waals surface area contributed by atoms with Gasteiger partial charge in [-0.3, -0.25) is 0 Å². The summed E-state index contributed by atoms with van der Waals surface area (Å²) in [5.41, 5.74) is 0. The Bertz CT molecular complexity index is 349. The Morgan fingerprint density at radius 3 is 1.12 bits per heavy atom. The van der Waals surface area contributed by atoms with Gasteiger partial charge in [-0.2, -0.15) is 0 Å². The monoisotopic (exact) mass is 334 g/mol. The predicted molar refractivity (Wildman–Crippen MR) is 39.2 cm³/mol. The topological polar surface area (TPSA) is 133 Å². The molecule has 9 nitrogen and oxygen atoms in total. The zero-order valence-corrected chi connectivity index (χ0v) is 12.6. The van der Waals surface area contributed by atoms with E-state index in [1.807, 2.05) is 0 Å². The Morgan fingerprint density at radius 1 is 0.824 bits per heavy atom. The van der Waals surface area contributed by atoms with Gasteiger partial charge in [0.25, 0.3) is 0 Å². The summed E-state index contributed by atoms with van der Waals surface area (Å²) < 4.78 is 58.9. The van der Waals surface area contributed by atoms with Crippen molar-refractivity contribution in [2.24, 2.45) is 0 Å². The van der Waals surface area contributed by atoms with E-state index in [4.69, 9.17) is 0 Å². The van der Waals surface area contributed by atoms with Crippen LogP contribution in [0.15, 0.2) is 0 Å². The molecule has 0 radical (unpaired) electrons. The molecule has 0 aromatic carbocycles. The number of hydrogen-bond acceptors (Lipinski definition) is 7. The third kappa shape index (κ3) is 26.0. The van der Waals surface area contributed by atoms with E-state index in [2.05, 4.69) is 31.0 Å². The second-order valence-electron chi connectivity index (χ2n) is 3.80. The van der Waals surface area contributed by atoms with E-state index in [-0.39, 0.29) is 0 Å². The van der Waals surface area contributed by atoms with E-state index in [0.717, 1.165) is 0 Å². The van der Waals surface area contributed by atoms with Crippen molar-refractivity contribution in [2.45, 2.75) is 0 Å². The summed E-state index contributed by atoms with van der Waals surface area (Å²) in [6.45, 7) is 2.53. The van der Waals surface area contributed by atoms with Crippen LogP contribution in [0.2, 0.25) is 0 Å². The molecule has 0 aliphatic heterocycles. The molecule has 0 saturated carbocycles. The van der Waals surface area contributed by atoms with Crippen LogP contribution in [0, 0.1) is 0 Å². The van der Waals surface area contributed by atoms with Crippen LogP contribution < -0.4 is 18.1 Å². The first-order chi connectivity index (χ1) is 7.33. The first-order valence-electron chi connectivity index (χ1n) is 4.54. The Kier molecular flexibility index (Phi) is 9.38. The van der Waals surface area contributed by atoms with Gasteiger partial charge < -0.3 is 9.80 Å². The van der Waals surface area contributed by atoms with Crippen LogP contribution >= 0.6 is 0 Å². The maximum absolute atomic E-state index is 9.38. The summed E-state index contributed by atoms with van der Waals surface area (Å²) in [5, 5.41) is 0. The zero-order chi connectivity index (χ0) is 14.3. The van der Waals surface area contributed by atoms with Crippen molar-refractivity contribution in [1.82, 2.24) is 0 Å². The molecule has 0 aromatic heterocycles. The normalized spacial score (nSPS) is 12.5. The van der Waals surface area contributed by atoms with Crippen LogP contribution in [0.1, 0.15) is 0 Å². The average molecular weight is 334 g/mol. The summed E-state index contributed by atoms with van der Waals surface area (Å²) >= 11 is -12.1. The first kappa shape index (κ1) is 19.4. The van der Waals surface area contributed by atoms with E-state index in [1.54, 1.807) is 0 Å². The average Bonchev–Trinajstić information content (AvgIpc) is 1.94. The van der Waals surface area contributed by atoms with E-state index in [9.17, 15) is 23.5 Å². The van der Waals surface area contributed by atoms with Gasteiger partial charge in [0, 0.05) is 0 Å². The third-order valence-corrected chi connectivity index (χ3v) is 3.96. The fourth-order valence-electron chi connectivity index (χ4n) is 0.602. The summed E-state index contributed by atoms with van der Waals surface area (Å²) in [6.07, 6.45) is 0. The first-order valence-corrected chi connectivity index (χ1v) is 8.70. The van der Waals surface area contributed by atoms with Crippen LogP contribution in [-0.2, 0) is 45.3 Å². The molecule has 0 fully saturated rings. The fourth-order valence-corrected chi connectivity index (χ4v) is 2.24. The molecule has 2 N–H and O–H groups in total. The van der Waals surface area contributed by atoms with Crippen molar-refractivity contribution in [3.8, 4) is 0 Å². The summed E-state index contributed by atoms with van der Waals surface area (Å²) in [5.74, 6) is 0. The molecule has 0 bridgehead atoms. The van der Waals surface area contributed by atoms with Crippen molar-refractivity contribution in [3.05, 3.63) is 0 Å². The molecular formula is C6H18Cr2N2O7. The molecule has 17 heavy (non-hydrogen) atoms. The van der Waals surface area contributed by atoms with Gasteiger partial charge in [0.1, 0.15) is 13.1 Å². The molecule has 0 aromatic rings. The summed E-state index contributed by atoms with van der Waals surface area (Å²) in [7, 11) is 8.73. The minimum atomic E-state index is -6.07. The Labute approximate surface area is 105 Å². The maximum atomic E-state index is 9.38. The molecule has 0 spiro atoms. The number of quaternary nitrogens is 2. The number of rotatable bonds is 5. The molecule has 0 heterocycles. The molecule has 0 unspecified atom stereocenters. The SMILES string of the molecule is C[NH+](C)CC[NH+](C)C.[O]=[Cr](=[O])([O-])[O][Cr](=[O])(=[O])[O-]. The Balaban J connectivity index is 0. The molecule has 0 amide bonds. The van der Waals surface area contributed by atoms with Crippen molar-refractivity contribution in [1.29, 1.82) is 0 Å². The zero-order valence-electron chi connectivity index (χ0n) is 10.1. The summed E-state index contributed by atoms with van der Waals surface area (Å²) in [6, 6.07) is 0. The van der Waals surface area contributed by atoms with Gasteiger partial charge in [-0.1, -0.05) is 0 Å². The van der Waals surface area contributed by atoms with Crippen LogP contribution in [0.25, 0.3) is 0 Å². The van der Waals surface area contributed by atoms with Crippen LogP contribution in [0.5, 0.6) is 0 Å². The molecule has 0 aliphatic carbocycles. The predicted octanol–water partition coefficient (Wildman–Crippen LogP) is -5.65. The second kappa shape index (κ2) is 8.22. The molecule has 0 aliphatic rings. The number of likely N-dealkylation sites (N-methyl/N-ethyl adjacent to an activating group) is 2. The number of nitrogens with one attached hydrogen (secondary N) is 2. The van der Waals surface area contributed by atoms with E-state index in [0.29, 0.717) is 0 Å². The molecule has 0 atom stereocenters. The van der Waals surface area contributed by atoms with E-state index >= 15 is 0 Å². The van der Waals surface area contributed by atoms with Crippen LogP contribution in [0.4, 0.5) is 0 Å². The van der Waals surface area contributed by atoms with Crippen molar-refractivity contribution in [3.63, 3.8) is 0 Å². The minimum absolute atomic E-state index is 1.27. The Morgan fingerprint density at radius 2 is 1.06 bits per heavy atom. The van der Waals surface area contributed by atoms with Crippen LogP contribution in [-0.4, -0.2) is 41.3 Å². The second-order valence-corrected chi connectivity index (χ2v) is 7.44.